The molecule has 1 atom stereocenters. The number of nitrogens with one attached hydrogen (secondary N) is 1. The normalized spacial score (nSPS) is 16.2. The summed E-state index contributed by atoms with van der Waals surface area (Å²) in [5, 5.41) is 1.07. The van der Waals surface area contributed by atoms with Gasteiger partial charge in [-0.2, -0.15) is 13.2 Å². The number of nitrogens with zero attached hydrogens (tertiary/aromatic N) is 6. The molecule has 1 saturated heterocycles. The van der Waals surface area contributed by atoms with Crippen molar-refractivity contribution in [3.05, 3.63) is 123 Å². The molecule has 1 fully saturated rings. The predicted molar refractivity (Wildman–Crippen MR) is 249 cm³/mol. The first-order valence-electron chi connectivity index (χ1n) is 20.5. The van der Waals surface area contributed by atoms with Crippen LogP contribution in [-0.2, 0) is 39.4 Å². The number of likely N-dealkylation sites (tertiary alicyclic amines) is 1. The lowest BCUT2D eigenvalue weighted by molar-refractivity contribution is -0.0435. The van der Waals surface area contributed by atoms with Crippen molar-refractivity contribution >= 4 is 78.1 Å². The van der Waals surface area contributed by atoms with E-state index in [2.05, 4.69) is 42.7 Å². The molecule has 0 radical (unpaired) electrons. The Balaban J connectivity index is 1.09. The van der Waals surface area contributed by atoms with Crippen molar-refractivity contribution in [3.63, 3.8) is 0 Å². The summed E-state index contributed by atoms with van der Waals surface area (Å²) in [7, 11) is -7.16. The molecule has 342 valence electrons. The maximum atomic E-state index is 14.4. The van der Waals surface area contributed by atoms with Gasteiger partial charge in [0.05, 0.1) is 31.2 Å². The van der Waals surface area contributed by atoms with Crippen LogP contribution in [0.5, 0.6) is 0 Å². The second-order valence-electron chi connectivity index (χ2n) is 16.1. The van der Waals surface area contributed by atoms with E-state index in [4.69, 9.17) is 34.8 Å². The minimum Gasteiger partial charge on any atom is -0.309 e. The Hall–Kier alpha value is -3.65. The number of alkyl halides is 3. The number of benzene rings is 4. The quantitative estimate of drug-likeness (QED) is 0.101. The number of hydrogen-bond acceptors (Lipinski definition) is 11. The van der Waals surface area contributed by atoms with Crippen LogP contribution in [-0.4, -0.2) is 99.4 Å². The molecule has 0 unspecified atom stereocenters. The van der Waals surface area contributed by atoms with Gasteiger partial charge in [0.2, 0.25) is 0 Å². The van der Waals surface area contributed by atoms with Gasteiger partial charge in [0, 0.05) is 42.3 Å². The average Bonchev–Trinajstić information content (AvgIpc) is 3.25. The van der Waals surface area contributed by atoms with Gasteiger partial charge in [-0.3, -0.25) is 14.5 Å². The standard InChI is InChI=1S/C44H47Cl3F3N7O4S3/c1-29(17-21-54(2)3)57(62-42-37(46)9-6-10-38(42)47)40-16-15-34(25-41(40)63(58,59)44(48,49)50)64(60,61)53-43-36-20-24-56(27-39(36)51-28-52-43)33-18-22-55(23-19-33)26-31-7-4-5-8-35(31)30-11-13-32(45)14-12-30/h4-16,25,28-29,33H,17-24,26-27H2,1-3H3,(H,51,52,53)/t29-/m1/s1. The van der Waals surface area contributed by atoms with Crippen LogP contribution in [0.2, 0.25) is 15.1 Å². The lowest BCUT2D eigenvalue weighted by Crippen LogP contribution is -2.46. The molecule has 0 bridgehead atoms. The number of fused-ring (bicyclic) bond motifs is 1. The highest BCUT2D eigenvalue weighted by Gasteiger charge is 2.49. The Labute approximate surface area is 392 Å². The highest BCUT2D eigenvalue weighted by molar-refractivity contribution is 8.01. The number of sulfonamides is 1. The zero-order chi connectivity index (χ0) is 46.0. The monoisotopic (exact) mass is 995 g/mol. The first kappa shape index (κ1) is 48.3. The molecule has 64 heavy (non-hydrogen) atoms. The van der Waals surface area contributed by atoms with E-state index in [1.54, 1.807) is 25.1 Å². The van der Waals surface area contributed by atoms with Crippen molar-refractivity contribution in [2.75, 3.05) is 49.3 Å². The van der Waals surface area contributed by atoms with Gasteiger partial charge in [-0.1, -0.05) is 77.3 Å². The fourth-order valence-corrected chi connectivity index (χ4v) is 12.0. The van der Waals surface area contributed by atoms with Crippen LogP contribution in [0.3, 0.4) is 0 Å². The second kappa shape index (κ2) is 20.1. The minimum atomic E-state index is -6.11. The molecule has 0 saturated carbocycles. The van der Waals surface area contributed by atoms with E-state index < -0.39 is 46.9 Å². The van der Waals surface area contributed by atoms with E-state index >= 15 is 0 Å². The third-order valence-electron chi connectivity index (χ3n) is 11.5. The fraction of sp³-hybridized carbons (Fsp3) is 0.364. The third kappa shape index (κ3) is 11.0. The lowest BCUT2D eigenvalue weighted by atomic mass is 9.96. The molecule has 4 aromatic carbocycles. The topological polar surface area (TPSA) is 119 Å². The Bertz CT molecular complexity index is 2670. The zero-order valence-corrected chi connectivity index (χ0v) is 39.9. The van der Waals surface area contributed by atoms with Gasteiger partial charge in [-0.05, 0) is 137 Å². The molecule has 20 heteroatoms. The average molecular weight is 997 g/mol. The van der Waals surface area contributed by atoms with Crippen LogP contribution in [0.15, 0.2) is 106 Å². The molecule has 2 aliphatic rings. The highest BCUT2D eigenvalue weighted by atomic mass is 35.5. The van der Waals surface area contributed by atoms with Gasteiger partial charge in [-0.15, -0.1) is 0 Å². The summed E-state index contributed by atoms with van der Waals surface area (Å²) >= 11 is 19.9. The van der Waals surface area contributed by atoms with Crippen LogP contribution in [0.25, 0.3) is 11.1 Å². The van der Waals surface area contributed by atoms with Crippen molar-refractivity contribution < 1.29 is 30.0 Å². The SMILES string of the molecule is C[C@H](CCN(C)C)N(Sc1c(Cl)cccc1Cl)c1ccc(S(=O)(=O)Nc2ncnc3c2CCN(C2CCN(Cc4ccccc4-c4ccc(Cl)cc4)CC2)C3)cc1S(=O)(=O)C(F)(F)F. The number of aromatic nitrogens is 2. The Morgan fingerprint density at radius 3 is 2.25 bits per heavy atom. The van der Waals surface area contributed by atoms with Gasteiger partial charge >= 0.3 is 5.51 Å². The first-order chi connectivity index (χ1) is 30.3. The third-order valence-corrected chi connectivity index (χ3v) is 16.8. The van der Waals surface area contributed by atoms with E-state index in [9.17, 15) is 30.0 Å². The predicted octanol–water partition coefficient (Wildman–Crippen LogP) is 10.1. The van der Waals surface area contributed by atoms with Crippen LogP contribution in [0.4, 0.5) is 24.7 Å². The van der Waals surface area contributed by atoms with Gasteiger partial charge in [0.25, 0.3) is 19.9 Å². The molecule has 0 amide bonds. The molecule has 7 rings (SSSR count). The Morgan fingerprint density at radius 2 is 1.58 bits per heavy atom. The number of hydrogen-bond donors (Lipinski definition) is 1. The maximum absolute atomic E-state index is 14.4. The van der Waals surface area contributed by atoms with Gasteiger partial charge < -0.3 is 9.21 Å². The second-order valence-corrected chi connectivity index (χ2v) is 22.0. The number of anilines is 2. The number of piperidine rings is 1. The summed E-state index contributed by atoms with van der Waals surface area (Å²) in [5.74, 6) is -0.0222. The van der Waals surface area contributed by atoms with Crippen LogP contribution in [0, 0.1) is 0 Å². The van der Waals surface area contributed by atoms with Crippen LogP contribution >= 0.6 is 46.8 Å². The summed E-state index contributed by atoms with van der Waals surface area (Å²) in [6, 6.07) is 23.3. The lowest BCUT2D eigenvalue weighted by Gasteiger charge is -2.40. The summed E-state index contributed by atoms with van der Waals surface area (Å²) < 4.78 is 102. The molecule has 0 spiro atoms. The molecule has 1 N–H and O–H groups in total. The molecule has 0 aliphatic carbocycles. The summed E-state index contributed by atoms with van der Waals surface area (Å²) in [5.41, 5.74) is -1.44. The molecule has 5 aromatic rings. The highest BCUT2D eigenvalue weighted by Crippen LogP contribution is 2.45. The van der Waals surface area contributed by atoms with E-state index in [-0.39, 0.29) is 26.8 Å². The first-order valence-corrected chi connectivity index (χ1v) is 25.4. The fourth-order valence-electron chi connectivity index (χ4n) is 8.00. The van der Waals surface area contributed by atoms with Crippen molar-refractivity contribution in [3.8, 4) is 11.1 Å². The van der Waals surface area contributed by atoms with Crippen LogP contribution in [0.1, 0.15) is 43.0 Å². The summed E-state index contributed by atoms with van der Waals surface area (Å²) in [6.07, 6.45) is 3.89. The van der Waals surface area contributed by atoms with E-state index in [1.165, 1.54) is 21.8 Å². The number of sulfone groups is 1. The summed E-state index contributed by atoms with van der Waals surface area (Å²) in [4.78, 5) is 13.7. The van der Waals surface area contributed by atoms with E-state index in [0.717, 1.165) is 62.1 Å². The zero-order valence-electron chi connectivity index (χ0n) is 35.2. The van der Waals surface area contributed by atoms with Crippen molar-refractivity contribution in [1.29, 1.82) is 0 Å². The smallest absolute Gasteiger partial charge is 0.309 e. The minimum absolute atomic E-state index is 0.0222. The van der Waals surface area contributed by atoms with Crippen LogP contribution < -0.4 is 9.03 Å². The Morgan fingerprint density at radius 1 is 0.891 bits per heavy atom. The van der Waals surface area contributed by atoms with E-state index in [1.807, 2.05) is 49.3 Å². The van der Waals surface area contributed by atoms with Gasteiger partial charge in [0.15, 0.2) is 0 Å². The molecule has 1 aromatic heterocycles. The number of halogens is 6. The van der Waals surface area contributed by atoms with Gasteiger partial charge in [0.1, 0.15) is 17.0 Å². The largest absolute Gasteiger partial charge is 0.501 e. The Kier molecular flexibility index (Phi) is 15.1. The molecule has 2 aliphatic heterocycles. The molecule has 11 nitrogen and oxygen atoms in total. The molecular weight excluding hydrogens is 950 g/mol. The van der Waals surface area contributed by atoms with Crippen molar-refractivity contribution in [1.82, 2.24) is 24.7 Å². The molecular formula is C44H47Cl3F3N7O4S3. The maximum Gasteiger partial charge on any atom is 0.501 e. The van der Waals surface area contributed by atoms with Crippen molar-refractivity contribution in [2.45, 2.75) is 78.0 Å². The van der Waals surface area contributed by atoms with Gasteiger partial charge in [-0.25, -0.2) is 26.8 Å². The van der Waals surface area contributed by atoms with Crippen molar-refractivity contribution in [2.24, 2.45) is 0 Å². The number of rotatable bonds is 15. The van der Waals surface area contributed by atoms with E-state index in [0.29, 0.717) is 54.8 Å². The summed E-state index contributed by atoms with van der Waals surface area (Å²) in [6.45, 7) is 5.86. The molecule has 3 heterocycles.